The Morgan fingerprint density at radius 1 is 0.968 bits per heavy atom. The number of H-pyrrole nitrogens is 1. The van der Waals surface area contributed by atoms with Crippen molar-refractivity contribution in [2.24, 2.45) is 0 Å². The van der Waals surface area contributed by atoms with Crippen molar-refractivity contribution in [2.45, 2.75) is 11.8 Å². The maximum Gasteiger partial charge on any atom is 0.344 e. The van der Waals surface area contributed by atoms with E-state index in [0.29, 0.717) is 17.1 Å². The number of Topliss-reactive ketones (excluding diaryl/α,β-unsaturated/α-hetero) is 1. The molecule has 0 atom stereocenters. The van der Waals surface area contributed by atoms with Crippen molar-refractivity contribution in [2.75, 3.05) is 24.6 Å². The van der Waals surface area contributed by atoms with E-state index in [9.17, 15) is 18.0 Å². The zero-order valence-corrected chi connectivity index (χ0v) is 17.9. The van der Waals surface area contributed by atoms with Gasteiger partial charge in [0.05, 0.1) is 16.3 Å². The lowest BCUT2D eigenvalue weighted by Crippen LogP contribution is -2.26. The SMILES string of the molecule is Cc1ccc(S(=O)(=O)N(C)c2ccc(OCC(=O)OCC(=O)c3ccc[nH]3)cc2)cc1. The number of hydrogen-bond acceptors (Lipinski definition) is 6. The number of ether oxygens (including phenoxy) is 2. The summed E-state index contributed by atoms with van der Waals surface area (Å²) in [6.07, 6.45) is 1.60. The van der Waals surface area contributed by atoms with E-state index in [4.69, 9.17) is 9.47 Å². The molecular formula is C22H22N2O6S. The van der Waals surface area contributed by atoms with Gasteiger partial charge in [-0.05, 0) is 55.5 Å². The number of carbonyl (C=O) groups is 2. The van der Waals surface area contributed by atoms with E-state index in [2.05, 4.69) is 4.98 Å². The Kier molecular flexibility index (Phi) is 6.76. The summed E-state index contributed by atoms with van der Waals surface area (Å²) in [5.41, 5.74) is 1.76. The molecule has 1 heterocycles. The van der Waals surface area contributed by atoms with Gasteiger partial charge in [-0.3, -0.25) is 9.10 Å². The molecule has 9 heteroatoms. The Hall–Kier alpha value is -3.59. The summed E-state index contributed by atoms with van der Waals surface area (Å²) in [4.78, 5) is 26.5. The van der Waals surface area contributed by atoms with Gasteiger partial charge < -0.3 is 14.5 Å². The molecule has 0 saturated carbocycles. The second-order valence-corrected chi connectivity index (χ2v) is 8.71. The second kappa shape index (κ2) is 9.48. The fourth-order valence-electron chi connectivity index (χ4n) is 2.67. The van der Waals surface area contributed by atoms with E-state index in [1.165, 1.54) is 11.4 Å². The van der Waals surface area contributed by atoms with Crippen LogP contribution in [0.1, 0.15) is 16.1 Å². The van der Waals surface area contributed by atoms with Crippen LogP contribution in [0.5, 0.6) is 5.75 Å². The topological polar surface area (TPSA) is 106 Å². The van der Waals surface area contributed by atoms with Crippen LogP contribution in [0, 0.1) is 6.92 Å². The molecule has 1 N–H and O–H groups in total. The smallest absolute Gasteiger partial charge is 0.344 e. The van der Waals surface area contributed by atoms with Crippen LogP contribution in [0.3, 0.4) is 0 Å². The third-order valence-electron chi connectivity index (χ3n) is 4.50. The fourth-order valence-corrected chi connectivity index (χ4v) is 3.87. The zero-order valence-electron chi connectivity index (χ0n) is 17.1. The summed E-state index contributed by atoms with van der Waals surface area (Å²) in [5, 5.41) is 0. The first-order chi connectivity index (χ1) is 14.8. The van der Waals surface area contributed by atoms with Gasteiger partial charge in [-0.1, -0.05) is 17.7 Å². The molecule has 0 aliphatic rings. The molecule has 0 amide bonds. The van der Waals surface area contributed by atoms with Crippen LogP contribution < -0.4 is 9.04 Å². The molecule has 0 unspecified atom stereocenters. The van der Waals surface area contributed by atoms with Gasteiger partial charge in [0.25, 0.3) is 10.0 Å². The van der Waals surface area contributed by atoms with E-state index in [-0.39, 0.29) is 23.9 Å². The van der Waals surface area contributed by atoms with Crippen LogP contribution in [0.25, 0.3) is 0 Å². The van der Waals surface area contributed by atoms with Gasteiger partial charge in [0, 0.05) is 13.2 Å². The highest BCUT2D eigenvalue weighted by atomic mass is 32.2. The predicted molar refractivity (Wildman–Crippen MR) is 115 cm³/mol. The molecule has 3 rings (SSSR count). The van der Waals surface area contributed by atoms with Gasteiger partial charge in [0.1, 0.15) is 5.75 Å². The predicted octanol–water partition coefficient (Wildman–Crippen LogP) is 2.95. The number of nitrogens with one attached hydrogen (secondary N) is 1. The number of rotatable bonds is 9. The van der Waals surface area contributed by atoms with Crippen LogP contribution in [-0.2, 0) is 19.6 Å². The van der Waals surface area contributed by atoms with E-state index < -0.39 is 16.0 Å². The van der Waals surface area contributed by atoms with Crippen LogP contribution in [0.4, 0.5) is 5.69 Å². The van der Waals surface area contributed by atoms with E-state index in [1.807, 2.05) is 6.92 Å². The normalized spacial score (nSPS) is 11.0. The van der Waals surface area contributed by atoms with Crippen LogP contribution >= 0.6 is 0 Å². The molecule has 0 saturated heterocycles. The summed E-state index contributed by atoms with van der Waals surface area (Å²) < 4.78 is 36.9. The van der Waals surface area contributed by atoms with Crippen molar-refractivity contribution in [1.82, 2.24) is 4.98 Å². The van der Waals surface area contributed by atoms with Crippen molar-refractivity contribution >= 4 is 27.5 Å². The number of hydrogen-bond donors (Lipinski definition) is 1. The summed E-state index contributed by atoms with van der Waals surface area (Å²) >= 11 is 0. The first kappa shape index (κ1) is 22.1. The van der Waals surface area contributed by atoms with Crippen LogP contribution in [-0.4, -0.2) is 45.4 Å². The lowest BCUT2D eigenvalue weighted by atomic mass is 10.2. The van der Waals surface area contributed by atoms with Gasteiger partial charge >= 0.3 is 5.97 Å². The maximum absolute atomic E-state index is 12.8. The Morgan fingerprint density at radius 3 is 2.26 bits per heavy atom. The van der Waals surface area contributed by atoms with Gasteiger partial charge in [-0.15, -0.1) is 0 Å². The Morgan fingerprint density at radius 2 is 1.65 bits per heavy atom. The molecule has 0 radical (unpaired) electrons. The Balaban J connectivity index is 1.54. The lowest BCUT2D eigenvalue weighted by Gasteiger charge is -2.20. The highest BCUT2D eigenvalue weighted by Crippen LogP contribution is 2.24. The Labute approximate surface area is 180 Å². The summed E-state index contributed by atoms with van der Waals surface area (Å²) in [5.74, 6) is -0.680. The standard InChI is InChI=1S/C22H22N2O6S/c1-16-5-11-19(12-6-16)31(27,28)24(2)17-7-9-18(10-8-17)29-15-22(26)30-14-21(25)20-4-3-13-23-20/h3-13,23H,14-15H2,1-2H3. The molecule has 3 aromatic rings. The summed E-state index contributed by atoms with van der Waals surface area (Å²) in [7, 11) is -2.24. The number of benzene rings is 2. The van der Waals surface area contributed by atoms with Gasteiger partial charge in [0.2, 0.25) is 5.78 Å². The molecule has 1 aromatic heterocycles. The molecule has 31 heavy (non-hydrogen) atoms. The number of carbonyl (C=O) groups excluding carboxylic acids is 2. The van der Waals surface area contributed by atoms with Crippen LogP contribution in [0.15, 0.2) is 71.8 Å². The summed E-state index contributed by atoms with van der Waals surface area (Å²) in [6, 6.07) is 16.1. The molecule has 0 aliphatic heterocycles. The lowest BCUT2D eigenvalue weighted by molar-refractivity contribution is -0.144. The van der Waals surface area contributed by atoms with E-state index in [0.717, 1.165) is 5.56 Å². The number of nitrogens with zero attached hydrogens (tertiary/aromatic N) is 1. The van der Waals surface area contributed by atoms with Gasteiger partial charge in [-0.25, -0.2) is 13.2 Å². The highest BCUT2D eigenvalue weighted by Gasteiger charge is 2.21. The van der Waals surface area contributed by atoms with Gasteiger partial charge in [-0.2, -0.15) is 0 Å². The minimum Gasteiger partial charge on any atom is -0.482 e. The number of aryl methyl sites for hydroxylation is 1. The number of sulfonamides is 1. The third kappa shape index (κ3) is 5.52. The van der Waals surface area contributed by atoms with Crippen molar-refractivity contribution in [3.05, 3.63) is 78.1 Å². The van der Waals surface area contributed by atoms with E-state index >= 15 is 0 Å². The largest absolute Gasteiger partial charge is 0.482 e. The average molecular weight is 442 g/mol. The Bertz CT molecular complexity index is 1140. The second-order valence-electron chi connectivity index (χ2n) is 6.74. The molecule has 0 aliphatic carbocycles. The van der Waals surface area contributed by atoms with Crippen molar-refractivity contribution in [3.63, 3.8) is 0 Å². The molecule has 162 valence electrons. The first-order valence-corrected chi connectivity index (χ1v) is 10.8. The minimum atomic E-state index is -3.70. The number of aromatic nitrogens is 1. The summed E-state index contributed by atoms with van der Waals surface area (Å²) in [6.45, 7) is 1.12. The average Bonchev–Trinajstić information content (AvgIpc) is 3.31. The maximum atomic E-state index is 12.8. The van der Waals surface area contributed by atoms with Crippen molar-refractivity contribution in [1.29, 1.82) is 0 Å². The highest BCUT2D eigenvalue weighted by molar-refractivity contribution is 7.92. The number of aromatic amines is 1. The molecule has 0 bridgehead atoms. The minimum absolute atomic E-state index is 0.192. The third-order valence-corrected chi connectivity index (χ3v) is 6.30. The van der Waals surface area contributed by atoms with Gasteiger partial charge in [0.15, 0.2) is 13.2 Å². The molecule has 0 spiro atoms. The molecule has 0 fully saturated rings. The van der Waals surface area contributed by atoms with Crippen LogP contribution in [0.2, 0.25) is 0 Å². The van der Waals surface area contributed by atoms with Crippen molar-refractivity contribution < 1.29 is 27.5 Å². The quantitative estimate of drug-likeness (QED) is 0.403. The molecular weight excluding hydrogens is 420 g/mol. The van der Waals surface area contributed by atoms with Crippen molar-refractivity contribution in [3.8, 4) is 5.75 Å². The molecule has 8 nitrogen and oxygen atoms in total. The molecule has 2 aromatic carbocycles. The number of anilines is 1. The van der Waals surface area contributed by atoms with E-state index in [1.54, 1.807) is 66.9 Å². The first-order valence-electron chi connectivity index (χ1n) is 9.38. The monoisotopic (exact) mass is 442 g/mol. The fraction of sp³-hybridized carbons (Fsp3) is 0.182. The number of esters is 1. The number of ketones is 1. The zero-order chi connectivity index (χ0) is 22.4.